The Balaban J connectivity index is 3.36. The van der Waals surface area contributed by atoms with Crippen molar-refractivity contribution >= 4 is 48.9 Å². The van der Waals surface area contributed by atoms with Gasteiger partial charge in [-0.2, -0.15) is 0 Å². The van der Waals surface area contributed by atoms with E-state index in [1.807, 2.05) is 0 Å². The Bertz CT molecular complexity index is 453. The fourth-order valence-corrected chi connectivity index (χ4v) is 2.94. The fraction of sp³-hybridized carbons (Fsp3) is 0.286. The van der Waals surface area contributed by atoms with E-state index in [2.05, 4.69) is 0 Å². The van der Waals surface area contributed by atoms with E-state index in [9.17, 15) is 13.2 Å². The minimum absolute atomic E-state index is 0.0201. The third-order valence-corrected chi connectivity index (χ3v) is 5.16. The molecule has 0 heterocycles. The molecule has 0 saturated heterocycles. The van der Waals surface area contributed by atoms with Gasteiger partial charge in [0, 0.05) is 15.7 Å². The summed E-state index contributed by atoms with van der Waals surface area (Å²) in [6, 6.07) is 0. The van der Waals surface area contributed by atoms with E-state index in [0.29, 0.717) is 0 Å². The van der Waals surface area contributed by atoms with Crippen LogP contribution in [0.5, 0.6) is 0 Å². The van der Waals surface area contributed by atoms with Crippen molar-refractivity contribution < 1.29 is 18.3 Å². The summed E-state index contributed by atoms with van der Waals surface area (Å²) in [7, 11) is 0.789. The molecule has 1 rings (SSSR count). The molecule has 0 amide bonds. The van der Waals surface area contributed by atoms with E-state index in [-0.39, 0.29) is 5.03 Å². The Labute approximate surface area is 101 Å². The van der Waals surface area contributed by atoms with Crippen LogP contribution in [0.3, 0.4) is 0 Å². The lowest BCUT2D eigenvalue weighted by Gasteiger charge is -2.27. The van der Waals surface area contributed by atoms with Crippen LogP contribution in [-0.2, 0) is 13.8 Å². The number of carboxylic acids is 1. The first-order chi connectivity index (χ1) is 6.68. The largest absolute Gasteiger partial charge is 0.481 e. The second kappa shape index (κ2) is 3.97. The maximum absolute atomic E-state index is 11.2. The zero-order chi connectivity index (χ0) is 11.9. The Hall–Kier alpha value is -0.230. The number of carbonyl (C=O) groups is 1. The first-order valence-electron chi connectivity index (χ1n) is 3.61. The van der Waals surface area contributed by atoms with Crippen LogP contribution in [0.1, 0.15) is 0 Å². The monoisotopic (exact) mass is 290 g/mol. The maximum atomic E-state index is 11.2. The van der Waals surface area contributed by atoms with Crippen molar-refractivity contribution in [2.45, 2.75) is 4.21 Å². The van der Waals surface area contributed by atoms with Crippen LogP contribution in [0.15, 0.2) is 23.3 Å². The molecule has 1 N–H and O–H groups in total. The summed E-state index contributed by atoms with van der Waals surface area (Å²) in [6.45, 7) is 0. The highest BCUT2D eigenvalue weighted by atomic mass is 35.7. The molecule has 0 aromatic heterocycles. The highest BCUT2D eigenvalue weighted by Crippen LogP contribution is 2.41. The summed E-state index contributed by atoms with van der Waals surface area (Å²) in [5.74, 6) is -2.87. The first-order valence-corrected chi connectivity index (χ1v) is 6.67. The lowest BCUT2D eigenvalue weighted by Crippen LogP contribution is -2.40. The molecule has 0 saturated carbocycles. The topological polar surface area (TPSA) is 71.4 Å². The molecule has 4 nitrogen and oxygen atoms in total. The normalized spacial score (nSPS) is 31.1. The quantitative estimate of drug-likeness (QED) is 0.623. The van der Waals surface area contributed by atoms with Gasteiger partial charge in [-0.15, -0.1) is 0 Å². The van der Waals surface area contributed by atoms with Gasteiger partial charge in [-0.05, 0) is 12.2 Å². The maximum Gasteiger partial charge on any atom is 0.313 e. The standard InChI is InChI=1S/C7H5Cl3O4S/c8-4-1-2-5(6(11)12)7(9,3-4)15(10,13)14/h1-3,5H,(H,11,12). The molecule has 0 spiro atoms. The lowest BCUT2D eigenvalue weighted by molar-refractivity contribution is -0.140. The van der Waals surface area contributed by atoms with Crippen molar-refractivity contribution in [3.63, 3.8) is 0 Å². The van der Waals surface area contributed by atoms with Crippen LogP contribution >= 0.6 is 33.9 Å². The van der Waals surface area contributed by atoms with Gasteiger partial charge in [-0.1, -0.05) is 29.3 Å². The predicted molar refractivity (Wildman–Crippen MR) is 57.6 cm³/mol. The molecule has 15 heavy (non-hydrogen) atoms. The second-order valence-corrected chi connectivity index (χ2v) is 6.90. The molecule has 0 radical (unpaired) electrons. The SMILES string of the molecule is O=C(O)C1C=CC(Cl)=CC1(Cl)S(=O)(=O)Cl. The third kappa shape index (κ3) is 2.30. The van der Waals surface area contributed by atoms with Gasteiger partial charge in [-0.3, -0.25) is 4.79 Å². The van der Waals surface area contributed by atoms with E-state index < -0.39 is 25.1 Å². The van der Waals surface area contributed by atoms with Crippen LogP contribution in [0.4, 0.5) is 0 Å². The molecule has 0 fully saturated rings. The molecule has 2 atom stereocenters. The van der Waals surface area contributed by atoms with Gasteiger partial charge in [-0.25, -0.2) is 8.42 Å². The highest BCUT2D eigenvalue weighted by molar-refractivity contribution is 8.15. The van der Waals surface area contributed by atoms with Gasteiger partial charge < -0.3 is 5.11 Å². The number of aliphatic carboxylic acids is 1. The number of hydrogen-bond donors (Lipinski definition) is 1. The molecule has 0 aliphatic heterocycles. The van der Waals surface area contributed by atoms with Crippen LogP contribution in [0.25, 0.3) is 0 Å². The summed E-state index contributed by atoms with van der Waals surface area (Å²) in [6.07, 6.45) is 3.23. The van der Waals surface area contributed by atoms with Crippen molar-refractivity contribution in [3.8, 4) is 0 Å². The minimum Gasteiger partial charge on any atom is -0.481 e. The van der Waals surface area contributed by atoms with Gasteiger partial charge >= 0.3 is 5.97 Å². The van der Waals surface area contributed by atoms with Crippen molar-refractivity contribution in [2.24, 2.45) is 5.92 Å². The molecule has 1 aliphatic rings. The van der Waals surface area contributed by atoms with Crippen molar-refractivity contribution in [1.29, 1.82) is 0 Å². The van der Waals surface area contributed by atoms with Crippen molar-refractivity contribution in [3.05, 3.63) is 23.3 Å². The van der Waals surface area contributed by atoms with Gasteiger partial charge in [0.05, 0.1) is 0 Å². The Morgan fingerprint density at radius 2 is 2.07 bits per heavy atom. The average molecular weight is 292 g/mol. The molecule has 0 bridgehead atoms. The first kappa shape index (κ1) is 12.8. The van der Waals surface area contributed by atoms with E-state index >= 15 is 0 Å². The Morgan fingerprint density at radius 1 is 1.53 bits per heavy atom. The minimum atomic E-state index is -4.31. The summed E-state index contributed by atoms with van der Waals surface area (Å²) in [4.78, 5) is 10.8. The van der Waals surface area contributed by atoms with Crippen LogP contribution in [0, 0.1) is 5.92 Å². The van der Waals surface area contributed by atoms with Crippen LogP contribution in [-0.4, -0.2) is 23.7 Å². The van der Waals surface area contributed by atoms with Crippen LogP contribution in [0.2, 0.25) is 0 Å². The molecule has 0 aromatic carbocycles. The van der Waals surface area contributed by atoms with E-state index in [1.54, 1.807) is 0 Å². The number of alkyl halides is 1. The third-order valence-electron chi connectivity index (χ3n) is 1.85. The Morgan fingerprint density at radius 3 is 2.47 bits per heavy atom. The summed E-state index contributed by atoms with van der Waals surface area (Å²) >= 11 is 11.2. The molecular formula is C7H5Cl3O4S. The zero-order valence-corrected chi connectivity index (χ0v) is 10.1. The van der Waals surface area contributed by atoms with Gasteiger partial charge in [0.2, 0.25) is 0 Å². The van der Waals surface area contributed by atoms with Crippen molar-refractivity contribution in [1.82, 2.24) is 0 Å². The number of rotatable bonds is 2. The smallest absolute Gasteiger partial charge is 0.313 e. The van der Waals surface area contributed by atoms with Crippen molar-refractivity contribution in [2.75, 3.05) is 0 Å². The van der Waals surface area contributed by atoms with E-state index in [0.717, 1.165) is 12.2 Å². The number of carboxylic acid groups (broad SMARTS) is 1. The van der Waals surface area contributed by atoms with E-state index in [4.69, 9.17) is 39.0 Å². The number of allylic oxidation sites excluding steroid dienone is 2. The highest BCUT2D eigenvalue weighted by Gasteiger charge is 2.50. The number of hydrogen-bond acceptors (Lipinski definition) is 3. The molecule has 84 valence electrons. The zero-order valence-electron chi connectivity index (χ0n) is 7.02. The van der Waals surface area contributed by atoms with Gasteiger partial charge in [0.1, 0.15) is 5.92 Å². The van der Waals surface area contributed by atoms with Crippen LogP contribution < -0.4 is 0 Å². The second-order valence-electron chi connectivity index (χ2n) is 2.84. The van der Waals surface area contributed by atoms with Gasteiger partial charge in [0.15, 0.2) is 4.21 Å². The fourth-order valence-electron chi connectivity index (χ4n) is 1.12. The molecular weight excluding hydrogens is 286 g/mol. The number of halogens is 3. The summed E-state index contributed by atoms with van der Waals surface area (Å²) in [5.41, 5.74) is 0. The Kier molecular flexibility index (Phi) is 3.40. The van der Waals surface area contributed by atoms with Gasteiger partial charge in [0.25, 0.3) is 9.05 Å². The molecule has 8 heteroatoms. The molecule has 0 aromatic rings. The summed E-state index contributed by atoms with van der Waals surface area (Å²) in [5, 5.41) is 8.81. The molecule has 2 unspecified atom stereocenters. The average Bonchev–Trinajstić information content (AvgIpc) is 2.00. The summed E-state index contributed by atoms with van der Waals surface area (Å²) < 4.78 is 20.2. The lowest BCUT2D eigenvalue weighted by atomic mass is 10.00. The predicted octanol–water partition coefficient (Wildman–Crippen LogP) is 1.88. The molecule has 1 aliphatic carbocycles. The van der Waals surface area contributed by atoms with E-state index in [1.165, 1.54) is 6.08 Å².